The molecule has 0 aromatic heterocycles. The number of carboxylic acids is 1. The number of nitrogens with two attached hydrogens (primary N) is 1. The maximum atomic E-state index is 13.3. The SMILES string of the molecule is NC(=C(CO[C@@H]1C[C@@H]2C[C@H]1CN2C1=Nc2c(cc(C(=O)O)cc2C2CCC2)C1)C(=O)C1CC1)C1CCC2(CC1)CC2. The average Bonchev–Trinajstić information content (AvgIpc) is 3.79. The molecular weight excluding hydrogens is 514 g/mol. The summed E-state index contributed by atoms with van der Waals surface area (Å²) < 4.78 is 6.56. The van der Waals surface area contributed by atoms with Crippen molar-refractivity contribution in [2.45, 2.75) is 108 Å². The molecule has 8 rings (SSSR count). The van der Waals surface area contributed by atoms with Crippen LogP contribution in [0.25, 0.3) is 0 Å². The maximum Gasteiger partial charge on any atom is 0.335 e. The molecule has 1 aromatic carbocycles. The van der Waals surface area contributed by atoms with Crippen molar-refractivity contribution in [3.8, 4) is 0 Å². The Kier molecular flexibility index (Phi) is 6.14. The summed E-state index contributed by atoms with van der Waals surface area (Å²) >= 11 is 0. The normalized spacial score (nSPS) is 30.7. The number of amidine groups is 1. The molecule has 1 saturated heterocycles. The Balaban J connectivity index is 0.939. The van der Waals surface area contributed by atoms with Gasteiger partial charge in [-0.1, -0.05) is 6.42 Å². The van der Waals surface area contributed by atoms with Gasteiger partial charge in [0.25, 0.3) is 0 Å². The second-order valence-corrected chi connectivity index (χ2v) is 14.4. The molecule has 0 radical (unpaired) electrons. The highest BCUT2D eigenvalue weighted by Crippen LogP contribution is 2.58. The van der Waals surface area contributed by atoms with Gasteiger partial charge >= 0.3 is 5.97 Å². The Labute approximate surface area is 242 Å². The van der Waals surface area contributed by atoms with Crippen molar-refractivity contribution >= 4 is 23.3 Å². The Morgan fingerprint density at radius 3 is 2.41 bits per heavy atom. The van der Waals surface area contributed by atoms with Crippen LogP contribution < -0.4 is 5.73 Å². The average molecular weight is 558 g/mol. The molecule has 2 aliphatic heterocycles. The first-order chi connectivity index (χ1) is 19.9. The number of hydrogen-bond acceptors (Lipinski definition) is 6. The predicted molar refractivity (Wildman–Crippen MR) is 156 cm³/mol. The van der Waals surface area contributed by atoms with Crippen LogP contribution in [-0.4, -0.2) is 52.9 Å². The summed E-state index contributed by atoms with van der Waals surface area (Å²) in [5, 5.41) is 9.70. The Bertz CT molecular complexity index is 1340. The summed E-state index contributed by atoms with van der Waals surface area (Å²) in [6.45, 7) is 1.29. The number of carbonyl (C=O) groups is 2. The Morgan fingerprint density at radius 2 is 1.80 bits per heavy atom. The van der Waals surface area contributed by atoms with Crippen molar-refractivity contribution in [1.82, 2.24) is 4.90 Å². The van der Waals surface area contributed by atoms with E-state index in [2.05, 4.69) is 4.90 Å². The lowest BCUT2D eigenvalue weighted by molar-refractivity contribution is -0.117. The number of likely N-dealkylation sites (tertiary alicyclic amines) is 1. The minimum atomic E-state index is -0.855. The molecule has 1 spiro atoms. The minimum Gasteiger partial charge on any atom is -0.478 e. The van der Waals surface area contributed by atoms with Crippen LogP contribution in [0.1, 0.15) is 111 Å². The number of aromatic carboxylic acids is 1. The van der Waals surface area contributed by atoms with Gasteiger partial charge in [0.15, 0.2) is 5.78 Å². The molecule has 7 heteroatoms. The molecule has 3 atom stereocenters. The van der Waals surface area contributed by atoms with E-state index in [1.807, 2.05) is 12.1 Å². The van der Waals surface area contributed by atoms with E-state index < -0.39 is 5.97 Å². The third-order valence-electron chi connectivity index (χ3n) is 11.9. The van der Waals surface area contributed by atoms with Crippen LogP contribution in [0.3, 0.4) is 0 Å². The first-order valence-corrected chi connectivity index (χ1v) is 16.3. The third-order valence-corrected chi connectivity index (χ3v) is 11.9. The summed E-state index contributed by atoms with van der Waals surface area (Å²) in [6.07, 6.45) is 15.9. The molecule has 5 aliphatic carbocycles. The van der Waals surface area contributed by atoms with Crippen LogP contribution in [0.5, 0.6) is 0 Å². The van der Waals surface area contributed by atoms with E-state index in [9.17, 15) is 14.7 Å². The van der Waals surface area contributed by atoms with Gasteiger partial charge in [0.05, 0.1) is 24.0 Å². The number of Topliss-reactive ketones (excluding diaryl/α,β-unsaturated/α-hetero) is 1. The predicted octanol–water partition coefficient (Wildman–Crippen LogP) is 5.88. The van der Waals surface area contributed by atoms with Crippen molar-refractivity contribution in [3.63, 3.8) is 0 Å². The lowest BCUT2D eigenvalue weighted by Crippen LogP contribution is -2.42. The minimum absolute atomic E-state index is 0.153. The summed E-state index contributed by atoms with van der Waals surface area (Å²) in [6, 6.07) is 4.10. The van der Waals surface area contributed by atoms with Gasteiger partial charge in [-0.3, -0.25) is 4.79 Å². The van der Waals surface area contributed by atoms with Crippen LogP contribution in [-0.2, 0) is 16.0 Å². The van der Waals surface area contributed by atoms with Crippen molar-refractivity contribution < 1.29 is 19.4 Å². The maximum absolute atomic E-state index is 13.3. The molecule has 2 bridgehead atoms. The molecule has 1 aromatic rings. The second kappa shape index (κ2) is 9.68. The van der Waals surface area contributed by atoms with Crippen molar-refractivity contribution in [2.24, 2.45) is 33.9 Å². The molecule has 218 valence electrons. The van der Waals surface area contributed by atoms with E-state index in [0.717, 1.165) is 91.8 Å². The first-order valence-electron chi connectivity index (χ1n) is 16.3. The fourth-order valence-electron chi connectivity index (χ4n) is 8.62. The number of benzene rings is 1. The highest BCUT2D eigenvalue weighted by Gasteiger charge is 2.48. The van der Waals surface area contributed by atoms with Gasteiger partial charge in [0.1, 0.15) is 5.84 Å². The number of carbonyl (C=O) groups excluding carboxylic acids is 1. The lowest BCUT2D eigenvalue weighted by atomic mass is 9.77. The third kappa shape index (κ3) is 4.63. The monoisotopic (exact) mass is 557 g/mol. The molecule has 41 heavy (non-hydrogen) atoms. The number of allylic oxidation sites excluding steroid dienone is 1. The van der Waals surface area contributed by atoms with Gasteiger partial charge in [-0.05, 0) is 118 Å². The summed E-state index contributed by atoms with van der Waals surface area (Å²) in [5.74, 6) is 1.85. The molecule has 3 N–H and O–H groups in total. The molecule has 7 aliphatic rings. The number of fused-ring (bicyclic) bond motifs is 3. The smallest absolute Gasteiger partial charge is 0.335 e. The van der Waals surface area contributed by atoms with Gasteiger partial charge in [-0.2, -0.15) is 0 Å². The van der Waals surface area contributed by atoms with Crippen LogP contribution >= 0.6 is 0 Å². The van der Waals surface area contributed by atoms with Gasteiger partial charge in [0, 0.05) is 42.1 Å². The number of rotatable bonds is 8. The number of carboxylic acid groups (broad SMARTS) is 1. The topological polar surface area (TPSA) is 105 Å². The summed E-state index contributed by atoms with van der Waals surface area (Å²) in [4.78, 5) is 32.7. The van der Waals surface area contributed by atoms with Crippen molar-refractivity contribution in [1.29, 1.82) is 0 Å². The zero-order chi connectivity index (χ0) is 27.9. The molecule has 5 saturated carbocycles. The Morgan fingerprint density at radius 1 is 1.02 bits per heavy atom. The van der Waals surface area contributed by atoms with E-state index in [-0.39, 0.29) is 17.8 Å². The largest absolute Gasteiger partial charge is 0.478 e. The fourth-order valence-corrected chi connectivity index (χ4v) is 8.62. The van der Waals surface area contributed by atoms with Gasteiger partial charge in [-0.15, -0.1) is 0 Å². The summed E-state index contributed by atoms with van der Waals surface area (Å²) in [7, 11) is 0. The Hall–Kier alpha value is -2.67. The van der Waals surface area contributed by atoms with Gasteiger partial charge < -0.3 is 20.5 Å². The number of hydrogen-bond donors (Lipinski definition) is 2. The molecular formula is C34H43N3O4. The number of piperidine rings is 1. The van der Waals surface area contributed by atoms with Crippen LogP contribution in [0, 0.1) is 23.2 Å². The van der Waals surface area contributed by atoms with E-state index in [1.165, 1.54) is 32.1 Å². The van der Waals surface area contributed by atoms with Crippen molar-refractivity contribution in [3.05, 3.63) is 40.1 Å². The van der Waals surface area contributed by atoms with E-state index >= 15 is 0 Å². The highest BCUT2D eigenvalue weighted by atomic mass is 16.5. The van der Waals surface area contributed by atoms with Crippen LogP contribution in [0.15, 0.2) is 28.4 Å². The van der Waals surface area contributed by atoms with Crippen LogP contribution in [0.2, 0.25) is 0 Å². The number of nitrogens with zero attached hydrogens (tertiary/aromatic N) is 2. The van der Waals surface area contributed by atoms with Gasteiger partial charge in [-0.25, -0.2) is 9.79 Å². The first kappa shape index (κ1) is 26.0. The highest BCUT2D eigenvalue weighted by molar-refractivity contribution is 5.99. The quantitative estimate of drug-likeness (QED) is 0.387. The van der Waals surface area contributed by atoms with E-state index in [1.54, 1.807) is 0 Å². The standard InChI is InChI=1S/C34H43N3O4/c35-30(20-6-8-34(9-7-20)10-11-34)27(32(38)21-4-5-21)18-41-28-16-25-13-24(28)17-37(25)29-15-22-12-23(33(39)40)14-26(31(22)36-29)19-2-1-3-19/h12,14,19-21,24-25,28H,1-11,13,15-18,35H2,(H,39,40)/t24-,25-,28+/m0/s1. The molecule has 0 amide bonds. The van der Waals surface area contributed by atoms with E-state index in [0.29, 0.717) is 47.8 Å². The molecule has 0 unspecified atom stereocenters. The van der Waals surface area contributed by atoms with E-state index in [4.69, 9.17) is 15.5 Å². The fraction of sp³-hybridized carbons (Fsp3) is 0.676. The lowest BCUT2D eigenvalue weighted by Gasteiger charge is -2.33. The van der Waals surface area contributed by atoms with Gasteiger partial charge in [0.2, 0.25) is 0 Å². The molecule has 6 fully saturated rings. The number of aliphatic imine (C=N–C) groups is 1. The van der Waals surface area contributed by atoms with Crippen molar-refractivity contribution in [2.75, 3.05) is 13.2 Å². The number of ether oxygens (including phenoxy) is 1. The molecule has 7 nitrogen and oxygen atoms in total. The van der Waals surface area contributed by atoms with Crippen LogP contribution in [0.4, 0.5) is 5.69 Å². The summed E-state index contributed by atoms with van der Waals surface area (Å²) in [5.41, 5.74) is 12.6. The number of ketones is 1. The zero-order valence-electron chi connectivity index (χ0n) is 24.1. The second-order valence-electron chi connectivity index (χ2n) is 14.4. The zero-order valence-corrected chi connectivity index (χ0v) is 24.1. The molecule has 2 heterocycles.